The standard InChI is InChI=1S/C34H29N3O2/c35-30-12-6-11-29(21-30)32-33(38)36-31(20-24-15-18-26-9-4-5-10-28(26)19-24)34(39)37(32)22-23-13-16-27(17-14-23)25-7-2-1-3-8-25/h1-19,21,31-32H,20,22,35H2,(H,36,38)/t31-,32-/m0/s1. The summed E-state index contributed by atoms with van der Waals surface area (Å²) in [4.78, 5) is 29.2. The molecule has 39 heavy (non-hydrogen) atoms. The van der Waals surface area contributed by atoms with E-state index in [1.165, 1.54) is 0 Å². The molecule has 2 amide bonds. The zero-order chi connectivity index (χ0) is 26.8. The average molecular weight is 512 g/mol. The second-order valence-electron chi connectivity index (χ2n) is 10.0. The van der Waals surface area contributed by atoms with Crippen LogP contribution in [-0.4, -0.2) is 22.8 Å². The predicted molar refractivity (Wildman–Crippen MR) is 156 cm³/mol. The van der Waals surface area contributed by atoms with Gasteiger partial charge >= 0.3 is 0 Å². The van der Waals surface area contributed by atoms with Gasteiger partial charge in [-0.25, -0.2) is 0 Å². The Bertz CT molecular complexity index is 1650. The minimum absolute atomic E-state index is 0.109. The number of amides is 2. The molecule has 0 radical (unpaired) electrons. The number of nitrogen functional groups attached to an aromatic ring is 1. The van der Waals surface area contributed by atoms with Crippen LogP contribution in [0.2, 0.25) is 0 Å². The lowest BCUT2D eigenvalue weighted by atomic mass is 9.94. The molecule has 0 spiro atoms. The molecule has 3 N–H and O–H groups in total. The fourth-order valence-electron chi connectivity index (χ4n) is 5.38. The molecule has 6 rings (SSSR count). The number of nitrogens with zero attached hydrogens (tertiary/aromatic N) is 1. The fraction of sp³-hybridized carbons (Fsp3) is 0.118. The van der Waals surface area contributed by atoms with E-state index in [4.69, 9.17) is 5.73 Å². The Morgan fingerprint density at radius 2 is 1.36 bits per heavy atom. The van der Waals surface area contributed by atoms with Gasteiger partial charge in [0.05, 0.1) is 0 Å². The van der Waals surface area contributed by atoms with Gasteiger partial charge in [0.2, 0.25) is 11.8 Å². The van der Waals surface area contributed by atoms with Crippen LogP contribution < -0.4 is 11.1 Å². The minimum Gasteiger partial charge on any atom is -0.399 e. The predicted octanol–water partition coefficient (Wildman–Crippen LogP) is 5.90. The summed E-state index contributed by atoms with van der Waals surface area (Å²) < 4.78 is 0. The molecule has 192 valence electrons. The highest BCUT2D eigenvalue weighted by Crippen LogP contribution is 2.30. The molecule has 2 atom stereocenters. The summed E-state index contributed by atoms with van der Waals surface area (Å²) in [5.74, 6) is -0.311. The number of fused-ring (bicyclic) bond motifs is 1. The van der Waals surface area contributed by atoms with Crippen molar-refractivity contribution in [1.82, 2.24) is 10.2 Å². The number of carbonyl (C=O) groups is 2. The van der Waals surface area contributed by atoms with Gasteiger partial charge in [0.15, 0.2) is 0 Å². The van der Waals surface area contributed by atoms with Crippen molar-refractivity contribution in [3.8, 4) is 11.1 Å². The number of nitrogens with two attached hydrogens (primary N) is 1. The number of nitrogens with one attached hydrogen (secondary N) is 1. The van der Waals surface area contributed by atoms with E-state index < -0.39 is 12.1 Å². The maximum absolute atomic E-state index is 14.0. The quantitative estimate of drug-likeness (QED) is 0.279. The smallest absolute Gasteiger partial charge is 0.248 e. The van der Waals surface area contributed by atoms with Gasteiger partial charge in [0, 0.05) is 18.7 Å². The first-order valence-electron chi connectivity index (χ1n) is 13.1. The summed E-state index contributed by atoms with van der Waals surface area (Å²) in [6, 6.07) is 38.4. The molecule has 0 bridgehead atoms. The van der Waals surface area contributed by atoms with Gasteiger partial charge in [-0.05, 0) is 50.7 Å². The van der Waals surface area contributed by atoms with Gasteiger partial charge < -0.3 is 16.0 Å². The summed E-state index contributed by atoms with van der Waals surface area (Å²) in [6.07, 6.45) is 0.419. The zero-order valence-corrected chi connectivity index (χ0v) is 21.5. The van der Waals surface area contributed by atoms with Crippen LogP contribution in [0.1, 0.15) is 22.7 Å². The molecule has 1 saturated heterocycles. The van der Waals surface area contributed by atoms with Crippen molar-refractivity contribution in [2.24, 2.45) is 0 Å². The summed E-state index contributed by atoms with van der Waals surface area (Å²) >= 11 is 0. The summed E-state index contributed by atoms with van der Waals surface area (Å²) in [6.45, 7) is 0.314. The van der Waals surface area contributed by atoms with Crippen LogP contribution in [0.5, 0.6) is 0 Å². The molecule has 0 aliphatic carbocycles. The van der Waals surface area contributed by atoms with Crippen LogP contribution >= 0.6 is 0 Å². The SMILES string of the molecule is Nc1cccc([C@H]2C(=O)N[C@@H](Cc3ccc4ccccc4c3)C(=O)N2Cc2ccc(-c3ccccc3)cc2)c1. The summed E-state index contributed by atoms with van der Waals surface area (Å²) in [5, 5.41) is 5.26. The van der Waals surface area contributed by atoms with E-state index in [9.17, 15) is 9.59 Å². The van der Waals surface area contributed by atoms with Crippen LogP contribution in [-0.2, 0) is 22.6 Å². The van der Waals surface area contributed by atoms with Crippen molar-refractivity contribution in [3.05, 3.63) is 138 Å². The number of carbonyl (C=O) groups excluding carboxylic acids is 2. The minimum atomic E-state index is -0.761. The molecule has 1 heterocycles. The normalized spacial score (nSPS) is 17.3. The number of hydrogen-bond acceptors (Lipinski definition) is 3. The van der Waals surface area contributed by atoms with Gasteiger partial charge in [-0.3, -0.25) is 9.59 Å². The van der Waals surface area contributed by atoms with Crippen molar-refractivity contribution in [1.29, 1.82) is 0 Å². The Morgan fingerprint density at radius 3 is 2.13 bits per heavy atom. The zero-order valence-electron chi connectivity index (χ0n) is 21.5. The molecule has 5 heteroatoms. The molecule has 5 nitrogen and oxygen atoms in total. The average Bonchev–Trinajstić information content (AvgIpc) is 2.96. The summed E-state index contributed by atoms with van der Waals surface area (Å²) in [7, 11) is 0. The Morgan fingerprint density at radius 1 is 0.667 bits per heavy atom. The third-order valence-electron chi connectivity index (χ3n) is 7.35. The monoisotopic (exact) mass is 511 g/mol. The highest BCUT2D eigenvalue weighted by Gasteiger charge is 2.41. The molecular weight excluding hydrogens is 482 g/mol. The molecule has 1 fully saturated rings. The number of rotatable bonds is 6. The summed E-state index contributed by atoms with van der Waals surface area (Å²) in [5.41, 5.74) is 11.5. The Balaban J connectivity index is 1.30. The second kappa shape index (κ2) is 10.5. The highest BCUT2D eigenvalue weighted by molar-refractivity contribution is 5.98. The van der Waals surface area contributed by atoms with Crippen molar-refractivity contribution in [3.63, 3.8) is 0 Å². The third-order valence-corrected chi connectivity index (χ3v) is 7.35. The molecule has 0 saturated carbocycles. The van der Waals surface area contributed by atoms with Gasteiger partial charge in [-0.2, -0.15) is 0 Å². The first-order chi connectivity index (χ1) is 19.0. The van der Waals surface area contributed by atoms with E-state index in [-0.39, 0.29) is 11.8 Å². The van der Waals surface area contributed by atoms with Crippen molar-refractivity contribution in [2.75, 3.05) is 5.73 Å². The number of anilines is 1. The van der Waals surface area contributed by atoms with Crippen LogP contribution in [0.4, 0.5) is 5.69 Å². The van der Waals surface area contributed by atoms with Crippen molar-refractivity contribution < 1.29 is 9.59 Å². The highest BCUT2D eigenvalue weighted by atomic mass is 16.2. The molecule has 0 aromatic heterocycles. The van der Waals surface area contributed by atoms with Crippen molar-refractivity contribution in [2.45, 2.75) is 25.0 Å². The van der Waals surface area contributed by atoms with E-state index in [0.717, 1.165) is 33.0 Å². The fourth-order valence-corrected chi connectivity index (χ4v) is 5.38. The van der Waals surface area contributed by atoms with E-state index in [0.29, 0.717) is 24.2 Å². The lowest BCUT2D eigenvalue weighted by Crippen LogP contribution is -2.59. The van der Waals surface area contributed by atoms with Crippen LogP contribution in [0.15, 0.2) is 121 Å². The van der Waals surface area contributed by atoms with E-state index >= 15 is 0 Å². The Kier molecular flexibility index (Phi) is 6.55. The Hall–Kier alpha value is -4.90. The van der Waals surface area contributed by atoms with Gasteiger partial charge in [0.25, 0.3) is 0 Å². The molecular formula is C34H29N3O2. The van der Waals surface area contributed by atoms with Gasteiger partial charge in [0.1, 0.15) is 12.1 Å². The molecule has 0 unspecified atom stereocenters. The maximum atomic E-state index is 14.0. The van der Waals surface area contributed by atoms with E-state index in [1.54, 1.807) is 17.0 Å². The molecule has 5 aromatic rings. The van der Waals surface area contributed by atoms with Gasteiger partial charge in [-0.1, -0.05) is 109 Å². The first kappa shape index (κ1) is 24.4. The Labute approximate surface area is 227 Å². The van der Waals surface area contributed by atoms with Crippen LogP contribution in [0, 0.1) is 0 Å². The van der Waals surface area contributed by atoms with E-state index in [2.05, 4.69) is 53.8 Å². The topological polar surface area (TPSA) is 75.4 Å². The van der Waals surface area contributed by atoms with Crippen LogP contribution in [0.25, 0.3) is 21.9 Å². The number of hydrogen-bond donors (Lipinski definition) is 2. The second-order valence-corrected chi connectivity index (χ2v) is 10.0. The molecule has 1 aliphatic rings. The maximum Gasteiger partial charge on any atom is 0.248 e. The molecule has 5 aromatic carbocycles. The largest absolute Gasteiger partial charge is 0.399 e. The first-order valence-corrected chi connectivity index (χ1v) is 13.1. The lowest BCUT2D eigenvalue weighted by Gasteiger charge is -2.39. The number of piperazine rings is 1. The lowest BCUT2D eigenvalue weighted by molar-refractivity contribution is -0.150. The number of benzene rings is 5. The van der Waals surface area contributed by atoms with Gasteiger partial charge in [-0.15, -0.1) is 0 Å². The molecule has 1 aliphatic heterocycles. The van der Waals surface area contributed by atoms with E-state index in [1.807, 2.05) is 60.7 Å². The van der Waals surface area contributed by atoms with Crippen molar-refractivity contribution >= 4 is 28.3 Å². The third kappa shape index (κ3) is 5.12. The van der Waals surface area contributed by atoms with Crippen LogP contribution in [0.3, 0.4) is 0 Å².